The number of carbonyl (C=O) groups is 2. The van der Waals surface area contributed by atoms with Crippen LogP contribution >= 0.6 is 0 Å². The standard InChI is InChI=1S/C18H25N3O2/c1-12(2)14-4-6-15(7-5-14)13(3)20-8-9-21-16(11-20)10-19-17(22)18(21)23/h4-7,12-13,16H,8-11H2,1-3H3,(H,19,22). The molecule has 1 aromatic carbocycles. The first-order chi connectivity index (χ1) is 11.0. The molecule has 1 N–H and O–H groups in total. The zero-order valence-corrected chi connectivity index (χ0v) is 14.1. The van der Waals surface area contributed by atoms with Gasteiger partial charge in [-0.05, 0) is 24.0 Å². The summed E-state index contributed by atoms with van der Waals surface area (Å²) < 4.78 is 0. The van der Waals surface area contributed by atoms with Crippen molar-refractivity contribution in [3.05, 3.63) is 35.4 Å². The topological polar surface area (TPSA) is 52.7 Å². The van der Waals surface area contributed by atoms with Crippen LogP contribution in [0.15, 0.2) is 24.3 Å². The van der Waals surface area contributed by atoms with Crippen LogP contribution in [0.25, 0.3) is 0 Å². The summed E-state index contributed by atoms with van der Waals surface area (Å²) in [4.78, 5) is 27.5. The van der Waals surface area contributed by atoms with Gasteiger partial charge < -0.3 is 10.2 Å². The van der Waals surface area contributed by atoms with E-state index in [0.29, 0.717) is 25.0 Å². The minimum atomic E-state index is -0.466. The second kappa shape index (κ2) is 6.32. The number of amides is 2. The van der Waals surface area contributed by atoms with Crippen LogP contribution in [0.2, 0.25) is 0 Å². The average Bonchev–Trinajstić information content (AvgIpc) is 2.57. The monoisotopic (exact) mass is 315 g/mol. The first-order valence-electron chi connectivity index (χ1n) is 8.40. The molecule has 0 radical (unpaired) electrons. The lowest BCUT2D eigenvalue weighted by Crippen LogP contribution is -2.65. The van der Waals surface area contributed by atoms with E-state index in [4.69, 9.17) is 0 Å². The van der Waals surface area contributed by atoms with Crippen molar-refractivity contribution in [1.29, 1.82) is 0 Å². The summed E-state index contributed by atoms with van der Waals surface area (Å²) in [5.74, 6) is -0.304. The Bertz CT molecular complexity index is 597. The third kappa shape index (κ3) is 3.11. The molecule has 0 spiro atoms. The van der Waals surface area contributed by atoms with Crippen molar-refractivity contribution in [1.82, 2.24) is 15.1 Å². The van der Waals surface area contributed by atoms with Gasteiger partial charge in [-0.3, -0.25) is 14.5 Å². The summed E-state index contributed by atoms with van der Waals surface area (Å²) in [7, 11) is 0. The second-order valence-corrected chi connectivity index (χ2v) is 6.85. The Labute approximate surface area is 137 Å². The molecule has 2 unspecified atom stereocenters. The van der Waals surface area contributed by atoms with Gasteiger partial charge in [0.2, 0.25) is 0 Å². The average molecular weight is 315 g/mol. The normalized spacial score (nSPS) is 23.7. The minimum absolute atomic E-state index is 0.0892. The molecule has 2 saturated heterocycles. The molecule has 23 heavy (non-hydrogen) atoms. The van der Waals surface area contributed by atoms with Gasteiger partial charge in [-0.1, -0.05) is 38.1 Å². The van der Waals surface area contributed by atoms with E-state index in [1.54, 1.807) is 4.90 Å². The molecule has 2 amide bonds. The van der Waals surface area contributed by atoms with Gasteiger partial charge in [0.15, 0.2) is 0 Å². The number of rotatable bonds is 3. The fourth-order valence-corrected chi connectivity index (χ4v) is 3.46. The SMILES string of the molecule is CC(C)c1ccc(C(C)N2CCN3C(=O)C(=O)NCC3C2)cc1. The zero-order chi connectivity index (χ0) is 16.6. The fraction of sp³-hybridized carbons (Fsp3) is 0.556. The van der Waals surface area contributed by atoms with E-state index in [0.717, 1.165) is 13.1 Å². The summed E-state index contributed by atoms with van der Waals surface area (Å²) in [6.45, 7) is 9.41. The van der Waals surface area contributed by atoms with Crippen LogP contribution in [0, 0.1) is 0 Å². The van der Waals surface area contributed by atoms with E-state index in [1.807, 2.05) is 0 Å². The lowest BCUT2D eigenvalue weighted by Gasteiger charge is -2.45. The minimum Gasteiger partial charge on any atom is -0.346 e. The quantitative estimate of drug-likeness (QED) is 0.860. The third-order valence-corrected chi connectivity index (χ3v) is 5.10. The Morgan fingerprint density at radius 2 is 1.70 bits per heavy atom. The van der Waals surface area contributed by atoms with Gasteiger partial charge in [0, 0.05) is 32.2 Å². The fourth-order valence-electron chi connectivity index (χ4n) is 3.46. The second-order valence-electron chi connectivity index (χ2n) is 6.85. The first kappa shape index (κ1) is 16.0. The van der Waals surface area contributed by atoms with Crippen molar-refractivity contribution in [2.45, 2.75) is 38.8 Å². The molecule has 0 bridgehead atoms. The number of nitrogens with one attached hydrogen (secondary N) is 1. The van der Waals surface area contributed by atoms with Crippen molar-refractivity contribution in [3.8, 4) is 0 Å². The zero-order valence-electron chi connectivity index (χ0n) is 14.1. The number of nitrogens with zero attached hydrogens (tertiary/aromatic N) is 2. The molecule has 2 atom stereocenters. The summed E-state index contributed by atoms with van der Waals surface area (Å²) in [6.07, 6.45) is 0. The highest BCUT2D eigenvalue weighted by molar-refractivity contribution is 6.35. The van der Waals surface area contributed by atoms with Gasteiger partial charge in [0.05, 0.1) is 6.04 Å². The highest BCUT2D eigenvalue weighted by Crippen LogP contribution is 2.26. The molecule has 2 heterocycles. The van der Waals surface area contributed by atoms with Crippen molar-refractivity contribution < 1.29 is 9.59 Å². The van der Waals surface area contributed by atoms with Crippen molar-refractivity contribution in [3.63, 3.8) is 0 Å². The maximum absolute atomic E-state index is 11.9. The van der Waals surface area contributed by atoms with Crippen molar-refractivity contribution in [2.24, 2.45) is 0 Å². The van der Waals surface area contributed by atoms with Crippen LogP contribution in [0.5, 0.6) is 0 Å². The highest BCUT2D eigenvalue weighted by atomic mass is 16.2. The summed E-state index contributed by atoms with van der Waals surface area (Å²) in [5, 5.41) is 2.69. The summed E-state index contributed by atoms with van der Waals surface area (Å²) >= 11 is 0. The Hall–Kier alpha value is -1.88. The Morgan fingerprint density at radius 1 is 1.04 bits per heavy atom. The molecule has 2 aliphatic heterocycles. The molecule has 5 nitrogen and oxygen atoms in total. The number of hydrogen-bond acceptors (Lipinski definition) is 3. The molecule has 1 aromatic rings. The van der Waals surface area contributed by atoms with Gasteiger partial charge >= 0.3 is 11.8 Å². The smallest absolute Gasteiger partial charge is 0.312 e. The molecule has 3 rings (SSSR count). The molecule has 2 aliphatic rings. The predicted molar refractivity (Wildman–Crippen MR) is 89.0 cm³/mol. The van der Waals surface area contributed by atoms with E-state index < -0.39 is 5.91 Å². The van der Waals surface area contributed by atoms with Gasteiger partial charge in [0.1, 0.15) is 0 Å². The number of hydrogen-bond donors (Lipinski definition) is 1. The number of piperazine rings is 2. The van der Waals surface area contributed by atoms with E-state index >= 15 is 0 Å². The highest BCUT2D eigenvalue weighted by Gasteiger charge is 2.38. The predicted octanol–water partition coefficient (Wildman–Crippen LogP) is 1.51. The Morgan fingerprint density at radius 3 is 2.35 bits per heavy atom. The first-order valence-corrected chi connectivity index (χ1v) is 8.40. The van der Waals surface area contributed by atoms with E-state index in [-0.39, 0.29) is 11.9 Å². The van der Waals surface area contributed by atoms with Gasteiger partial charge in [0.25, 0.3) is 0 Å². The lowest BCUT2D eigenvalue weighted by atomic mass is 9.98. The molecular formula is C18H25N3O2. The van der Waals surface area contributed by atoms with E-state index in [1.165, 1.54) is 11.1 Å². The maximum Gasteiger partial charge on any atom is 0.312 e. The van der Waals surface area contributed by atoms with Gasteiger partial charge in [-0.2, -0.15) is 0 Å². The summed E-state index contributed by atoms with van der Waals surface area (Å²) in [6, 6.07) is 9.23. The third-order valence-electron chi connectivity index (χ3n) is 5.10. The lowest BCUT2D eigenvalue weighted by molar-refractivity contribution is -0.153. The molecule has 0 aliphatic carbocycles. The van der Waals surface area contributed by atoms with Crippen LogP contribution in [0.3, 0.4) is 0 Å². The molecule has 5 heteroatoms. The maximum atomic E-state index is 11.9. The molecule has 0 saturated carbocycles. The molecular weight excluding hydrogens is 290 g/mol. The van der Waals surface area contributed by atoms with Crippen molar-refractivity contribution in [2.75, 3.05) is 26.2 Å². The molecule has 0 aromatic heterocycles. The number of carbonyl (C=O) groups excluding carboxylic acids is 2. The molecule has 2 fully saturated rings. The molecule has 124 valence electrons. The largest absolute Gasteiger partial charge is 0.346 e. The number of benzene rings is 1. The van der Waals surface area contributed by atoms with Crippen LogP contribution < -0.4 is 5.32 Å². The van der Waals surface area contributed by atoms with Crippen LogP contribution in [0.1, 0.15) is 43.9 Å². The van der Waals surface area contributed by atoms with Crippen LogP contribution in [-0.2, 0) is 9.59 Å². The van der Waals surface area contributed by atoms with Crippen molar-refractivity contribution >= 4 is 11.8 Å². The Kier molecular flexibility index (Phi) is 4.39. The van der Waals surface area contributed by atoms with E-state index in [2.05, 4.69) is 55.3 Å². The Balaban J connectivity index is 1.68. The van der Waals surface area contributed by atoms with Gasteiger partial charge in [-0.15, -0.1) is 0 Å². The van der Waals surface area contributed by atoms with Gasteiger partial charge in [-0.25, -0.2) is 0 Å². The summed E-state index contributed by atoms with van der Waals surface area (Å²) in [5.41, 5.74) is 2.65. The van der Waals surface area contributed by atoms with E-state index in [9.17, 15) is 9.59 Å². The van der Waals surface area contributed by atoms with Crippen LogP contribution in [0.4, 0.5) is 0 Å². The number of fused-ring (bicyclic) bond motifs is 1. The van der Waals surface area contributed by atoms with Crippen LogP contribution in [-0.4, -0.2) is 53.8 Å².